The standard InChI is InChI=1S/C8H10O.C2H4O2/c1-7(9)8-5-3-2-4-6-8;1-2(3)4/h2-7,9H,1H3;1H3,(H,3,4)/t7-;/m1./s1. The second kappa shape index (κ2) is 6.20. The smallest absolute Gasteiger partial charge is 0.300 e. The van der Waals surface area contributed by atoms with Gasteiger partial charge in [-0.25, -0.2) is 0 Å². The molecule has 0 heterocycles. The normalized spacial score (nSPS) is 11.0. The molecule has 0 aliphatic rings. The Kier molecular flexibility index (Phi) is 5.55. The van der Waals surface area contributed by atoms with E-state index in [-0.39, 0.29) is 6.10 Å². The lowest BCUT2D eigenvalue weighted by Crippen LogP contribution is -1.87. The Morgan fingerprint density at radius 1 is 1.31 bits per heavy atom. The highest BCUT2D eigenvalue weighted by Gasteiger charge is 1.95. The molecular formula is C10H14O3. The Hall–Kier alpha value is -1.35. The minimum Gasteiger partial charge on any atom is -0.481 e. The van der Waals surface area contributed by atoms with Crippen molar-refractivity contribution >= 4 is 5.97 Å². The van der Waals surface area contributed by atoms with Crippen molar-refractivity contribution < 1.29 is 15.0 Å². The fourth-order valence-electron chi connectivity index (χ4n) is 0.732. The number of aliphatic hydroxyl groups excluding tert-OH is 1. The van der Waals surface area contributed by atoms with Crippen LogP contribution in [0.3, 0.4) is 0 Å². The molecule has 2 N–H and O–H groups in total. The van der Waals surface area contributed by atoms with Crippen LogP contribution in [0.25, 0.3) is 0 Å². The first-order valence-electron chi connectivity index (χ1n) is 3.96. The lowest BCUT2D eigenvalue weighted by atomic mass is 10.1. The van der Waals surface area contributed by atoms with Crippen molar-refractivity contribution in [2.24, 2.45) is 0 Å². The molecule has 3 nitrogen and oxygen atoms in total. The van der Waals surface area contributed by atoms with Gasteiger partial charge in [0.05, 0.1) is 6.10 Å². The van der Waals surface area contributed by atoms with Gasteiger partial charge in [-0.1, -0.05) is 30.3 Å². The van der Waals surface area contributed by atoms with Crippen molar-refractivity contribution in [2.75, 3.05) is 0 Å². The van der Waals surface area contributed by atoms with E-state index < -0.39 is 5.97 Å². The van der Waals surface area contributed by atoms with Crippen LogP contribution in [0.4, 0.5) is 0 Å². The largest absolute Gasteiger partial charge is 0.481 e. The van der Waals surface area contributed by atoms with Crippen molar-refractivity contribution in [1.29, 1.82) is 0 Å². The van der Waals surface area contributed by atoms with Crippen molar-refractivity contribution in [3.05, 3.63) is 35.9 Å². The molecule has 0 radical (unpaired) electrons. The number of carbonyl (C=O) groups is 1. The molecule has 0 aliphatic carbocycles. The Morgan fingerprint density at radius 2 is 1.69 bits per heavy atom. The molecule has 72 valence electrons. The number of carboxylic acid groups (broad SMARTS) is 1. The third-order valence-corrected chi connectivity index (χ3v) is 1.28. The summed E-state index contributed by atoms with van der Waals surface area (Å²) in [4.78, 5) is 9.00. The third kappa shape index (κ3) is 7.03. The zero-order valence-electron chi connectivity index (χ0n) is 7.77. The summed E-state index contributed by atoms with van der Waals surface area (Å²) in [6, 6.07) is 9.59. The van der Waals surface area contributed by atoms with Crippen LogP contribution in [-0.4, -0.2) is 16.2 Å². The first-order valence-corrected chi connectivity index (χ1v) is 3.96. The van der Waals surface area contributed by atoms with Crippen molar-refractivity contribution in [3.8, 4) is 0 Å². The van der Waals surface area contributed by atoms with Gasteiger partial charge >= 0.3 is 0 Å². The number of carboxylic acids is 1. The van der Waals surface area contributed by atoms with Crippen LogP contribution in [-0.2, 0) is 4.79 Å². The van der Waals surface area contributed by atoms with Crippen LogP contribution in [0.1, 0.15) is 25.5 Å². The summed E-state index contributed by atoms with van der Waals surface area (Å²) in [5, 5.41) is 16.4. The zero-order valence-corrected chi connectivity index (χ0v) is 7.77. The molecule has 0 aromatic heterocycles. The van der Waals surface area contributed by atoms with Gasteiger partial charge in [-0.3, -0.25) is 4.79 Å². The molecule has 0 aliphatic heterocycles. The zero-order chi connectivity index (χ0) is 10.3. The molecule has 1 aromatic carbocycles. The van der Waals surface area contributed by atoms with Crippen molar-refractivity contribution in [3.63, 3.8) is 0 Å². The summed E-state index contributed by atoms with van der Waals surface area (Å²) in [6.45, 7) is 2.84. The predicted molar refractivity (Wildman–Crippen MR) is 50.4 cm³/mol. The van der Waals surface area contributed by atoms with Gasteiger partial charge in [0.1, 0.15) is 0 Å². The number of aliphatic carboxylic acids is 1. The first kappa shape index (κ1) is 11.6. The molecule has 0 spiro atoms. The van der Waals surface area contributed by atoms with Gasteiger partial charge < -0.3 is 10.2 Å². The maximum absolute atomic E-state index is 9.02. The summed E-state index contributed by atoms with van der Waals surface area (Å²) in [6.07, 6.45) is -0.341. The Labute approximate surface area is 77.6 Å². The highest BCUT2D eigenvalue weighted by Crippen LogP contribution is 2.08. The van der Waals surface area contributed by atoms with E-state index in [4.69, 9.17) is 15.0 Å². The van der Waals surface area contributed by atoms with Gasteiger partial charge in [-0.15, -0.1) is 0 Å². The van der Waals surface area contributed by atoms with Crippen LogP contribution in [0.15, 0.2) is 30.3 Å². The van der Waals surface area contributed by atoms with Crippen LogP contribution >= 0.6 is 0 Å². The van der Waals surface area contributed by atoms with E-state index in [0.717, 1.165) is 12.5 Å². The van der Waals surface area contributed by atoms with Gasteiger partial charge in [0.2, 0.25) is 0 Å². The van der Waals surface area contributed by atoms with Gasteiger partial charge in [-0.05, 0) is 12.5 Å². The lowest BCUT2D eigenvalue weighted by molar-refractivity contribution is -0.134. The lowest BCUT2D eigenvalue weighted by Gasteiger charge is -2.00. The Bertz CT molecular complexity index is 238. The molecule has 0 unspecified atom stereocenters. The molecule has 13 heavy (non-hydrogen) atoms. The highest BCUT2D eigenvalue weighted by molar-refractivity contribution is 5.62. The van der Waals surface area contributed by atoms with E-state index in [1.165, 1.54) is 0 Å². The van der Waals surface area contributed by atoms with Crippen LogP contribution in [0.5, 0.6) is 0 Å². The average molecular weight is 182 g/mol. The van der Waals surface area contributed by atoms with E-state index in [0.29, 0.717) is 0 Å². The summed E-state index contributed by atoms with van der Waals surface area (Å²) in [5.74, 6) is -0.833. The summed E-state index contributed by atoms with van der Waals surface area (Å²) >= 11 is 0. The van der Waals surface area contributed by atoms with E-state index >= 15 is 0 Å². The maximum atomic E-state index is 9.02. The molecule has 0 saturated heterocycles. The molecule has 0 amide bonds. The Balaban J connectivity index is 0.000000310. The third-order valence-electron chi connectivity index (χ3n) is 1.28. The number of rotatable bonds is 1. The van der Waals surface area contributed by atoms with E-state index in [2.05, 4.69) is 0 Å². The van der Waals surface area contributed by atoms with Crippen LogP contribution in [0, 0.1) is 0 Å². The van der Waals surface area contributed by atoms with E-state index in [9.17, 15) is 0 Å². The SMILES string of the molecule is CC(=O)O.C[C@@H](O)c1ccccc1. The van der Waals surface area contributed by atoms with E-state index in [1.54, 1.807) is 6.92 Å². The van der Waals surface area contributed by atoms with Crippen LogP contribution < -0.4 is 0 Å². The molecule has 0 bridgehead atoms. The fourth-order valence-corrected chi connectivity index (χ4v) is 0.732. The minimum atomic E-state index is -0.833. The van der Waals surface area contributed by atoms with Gasteiger partial charge in [0.15, 0.2) is 0 Å². The highest BCUT2D eigenvalue weighted by atomic mass is 16.4. The Morgan fingerprint density at radius 3 is 1.92 bits per heavy atom. The van der Waals surface area contributed by atoms with Crippen LogP contribution in [0.2, 0.25) is 0 Å². The van der Waals surface area contributed by atoms with E-state index in [1.807, 2.05) is 30.3 Å². The number of hydrogen-bond acceptors (Lipinski definition) is 2. The number of benzene rings is 1. The minimum absolute atomic E-state index is 0.341. The van der Waals surface area contributed by atoms with Gasteiger partial charge in [-0.2, -0.15) is 0 Å². The monoisotopic (exact) mass is 182 g/mol. The van der Waals surface area contributed by atoms with Crippen molar-refractivity contribution in [1.82, 2.24) is 0 Å². The predicted octanol–water partition coefficient (Wildman–Crippen LogP) is 1.83. The quantitative estimate of drug-likeness (QED) is 0.696. The topological polar surface area (TPSA) is 57.5 Å². The fraction of sp³-hybridized carbons (Fsp3) is 0.300. The summed E-state index contributed by atoms with van der Waals surface area (Å²) in [5.41, 5.74) is 0.970. The molecule has 0 saturated carbocycles. The average Bonchev–Trinajstić information content (AvgIpc) is 2.05. The first-order chi connectivity index (χ1) is 6.04. The molecule has 0 fully saturated rings. The number of hydrogen-bond donors (Lipinski definition) is 2. The van der Waals surface area contributed by atoms with Crippen molar-refractivity contribution in [2.45, 2.75) is 20.0 Å². The molecule has 3 heteroatoms. The summed E-state index contributed by atoms with van der Waals surface area (Å²) < 4.78 is 0. The molecule has 1 atom stereocenters. The van der Waals surface area contributed by atoms with Gasteiger partial charge in [0, 0.05) is 6.92 Å². The maximum Gasteiger partial charge on any atom is 0.300 e. The second-order valence-corrected chi connectivity index (χ2v) is 2.61. The van der Waals surface area contributed by atoms with Gasteiger partial charge in [0.25, 0.3) is 5.97 Å². The summed E-state index contributed by atoms with van der Waals surface area (Å²) in [7, 11) is 0. The molecule has 1 aromatic rings. The molecular weight excluding hydrogens is 168 g/mol. The number of aliphatic hydroxyl groups is 1. The molecule has 1 rings (SSSR count). The second-order valence-electron chi connectivity index (χ2n) is 2.61.